The molecule has 0 amide bonds. The molecule has 1 aromatic rings. The van der Waals surface area contributed by atoms with Crippen molar-refractivity contribution < 1.29 is 24.2 Å². The molecule has 1 aliphatic heterocycles. The van der Waals surface area contributed by atoms with Gasteiger partial charge in [0.1, 0.15) is 29.3 Å². The summed E-state index contributed by atoms with van der Waals surface area (Å²) >= 11 is 0. The largest absolute Gasteiger partial charge is 0.508 e. The van der Waals surface area contributed by atoms with E-state index in [1.54, 1.807) is 13.2 Å². The van der Waals surface area contributed by atoms with Gasteiger partial charge in [0, 0.05) is 12.5 Å². The topological polar surface area (TPSA) is 72.8 Å². The van der Waals surface area contributed by atoms with Crippen molar-refractivity contribution in [3.63, 3.8) is 0 Å². The minimum atomic E-state index is -0.707. The molecule has 142 valence electrons. The molecule has 5 nitrogen and oxygen atoms in total. The van der Waals surface area contributed by atoms with Gasteiger partial charge < -0.3 is 14.6 Å². The van der Waals surface area contributed by atoms with Crippen LogP contribution in [-0.2, 0) is 27.2 Å². The SMILES string of the molecule is CCc1cc(CCC2(C3CCCC3)CC(=O)CC(=O)O2)c(O)cc1OC. The molecule has 1 heterocycles. The molecular weight excluding hydrogens is 332 g/mol. The number of aromatic hydroxyl groups is 1. The maximum Gasteiger partial charge on any atom is 0.313 e. The van der Waals surface area contributed by atoms with Crippen LogP contribution in [0.4, 0.5) is 0 Å². The third kappa shape index (κ3) is 3.71. The molecule has 1 N–H and O–H groups in total. The van der Waals surface area contributed by atoms with E-state index in [2.05, 4.69) is 0 Å². The van der Waals surface area contributed by atoms with Crippen molar-refractivity contribution in [1.82, 2.24) is 0 Å². The zero-order valence-corrected chi connectivity index (χ0v) is 15.7. The van der Waals surface area contributed by atoms with Gasteiger partial charge in [-0.15, -0.1) is 0 Å². The second kappa shape index (κ2) is 7.68. The molecule has 2 fully saturated rings. The van der Waals surface area contributed by atoms with E-state index in [0.717, 1.165) is 43.2 Å². The standard InChI is InChI=1S/C21H28O5/c1-3-14-10-15(18(23)12-19(14)25-2)8-9-21(16-6-4-5-7-16)13-17(22)11-20(24)26-21/h10,12,16,23H,3-9,11,13H2,1-2H3. The van der Waals surface area contributed by atoms with Crippen LogP contribution >= 0.6 is 0 Å². The van der Waals surface area contributed by atoms with Gasteiger partial charge in [0.25, 0.3) is 0 Å². The Kier molecular flexibility index (Phi) is 5.54. The summed E-state index contributed by atoms with van der Waals surface area (Å²) in [6.45, 7) is 2.04. The molecule has 3 rings (SSSR count). The summed E-state index contributed by atoms with van der Waals surface area (Å²) in [5.41, 5.74) is 1.14. The van der Waals surface area contributed by atoms with Crippen LogP contribution in [0.15, 0.2) is 12.1 Å². The van der Waals surface area contributed by atoms with E-state index in [-0.39, 0.29) is 23.9 Å². The second-order valence-corrected chi connectivity index (χ2v) is 7.56. The fourth-order valence-electron chi connectivity index (χ4n) is 4.56. The van der Waals surface area contributed by atoms with Gasteiger partial charge in [0.2, 0.25) is 0 Å². The summed E-state index contributed by atoms with van der Waals surface area (Å²) in [5.74, 6) is 0.678. The van der Waals surface area contributed by atoms with Crippen LogP contribution in [0.25, 0.3) is 0 Å². The highest BCUT2D eigenvalue weighted by Crippen LogP contribution is 2.44. The highest BCUT2D eigenvalue weighted by atomic mass is 16.6. The minimum Gasteiger partial charge on any atom is -0.508 e. The number of aryl methyl sites for hydroxylation is 2. The smallest absolute Gasteiger partial charge is 0.313 e. The molecule has 0 bridgehead atoms. The molecule has 1 atom stereocenters. The number of carbonyl (C=O) groups excluding carboxylic acids is 2. The van der Waals surface area contributed by atoms with Crippen molar-refractivity contribution in [2.45, 2.75) is 70.3 Å². The summed E-state index contributed by atoms with van der Waals surface area (Å²) in [4.78, 5) is 24.1. The fourth-order valence-corrected chi connectivity index (χ4v) is 4.56. The van der Waals surface area contributed by atoms with Crippen molar-refractivity contribution in [1.29, 1.82) is 0 Å². The van der Waals surface area contributed by atoms with Crippen LogP contribution in [-0.4, -0.2) is 29.6 Å². The van der Waals surface area contributed by atoms with E-state index in [1.807, 2.05) is 13.0 Å². The quantitative estimate of drug-likeness (QED) is 0.618. The number of cyclic esters (lactones) is 1. The number of esters is 1. The molecule has 1 saturated carbocycles. The van der Waals surface area contributed by atoms with Gasteiger partial charge in [0.15, 0.2) is 0 Å². The Morgan fingerprint density at radius 3 is 2.58 bits per heavy atom. The maximum absolute atomic E-state index is 12.1. The number of carbonyl (C=O) groups is 2. The number of rotatable bonds is 6. The van der Waals surface area contributed by atoms with Crippen LogP contribution < -0.4 is 4.74 Å². The number of Topliss-reactive ketones (excluding diaryl/α,β-unsaturated/α-hetero) is 1. The van der Waals surface area contributed by atoms with E-state index in [0.29, 0.717) is 25.0 Å². The Morgan fingerprint density at radius 1 is 1.23 bits per heavy atom. The monoisotopic (exact) mass is 360 g/mol. The Bertz CT molecular complexity index is 672. The molecule has 1 aliphatic carbocycles. The second-order valence-electron chi connectivity index (χ2n) is 7.56. The number of phenols is 1. The number of phenolic OH excluding ortho intramolecular Hbond substituents is 1. The molecule has 1 saturated heterocycles. The van der Waals surface area contributed by atoms with Gasteiger partial charge in [-0.05, 0) is 55.2 Å². The maximum atomic E-state index is 12.1. The summed E-state index contributed by atoms with van der Waals surface area (Å²) in [6, 6.07) is 3.61. The van der Waals surface area contributed by atoms with Crippen LogP contribution in [0.3, 0.4) is 0 Å². The lowest BCUT2D eigenvalue weighted by atomic mass is 9.76. The molecule has 1 unspecified atom stereocenters. The molecule has 0 aromatic heterocycles. The third-order valence-corrected chi connectivity index (χ3v) is 5.93. The highest BCUT2D eigenvalue weighted by molar-refractivity contribution is 5.98. The first-order valence-corrected chi connectivity index (χ1v) is 9.59. The lowest BCUT2D eigenvalue weighted by molar-refractivity contribution is -0.178. The van der Waals surface area contributed by atoms with Crippen molar-refractivity contribution in [2.24, 2.45) is 5.92 Å². The van der Waals surface area contributed by atoms with E-state index in [1.165, 1.54) is 0 Å². The zero-order valence-electron chi connectivity index (χ0n) is 15.7. The molecule has 5 heteroatoms. The molecule has 2 aliphatic rings. The van der Waals surface area contributed by atoms with E-state index < -0.39 is 11.6 Å². The zero-order chi connectivity index (χ0) is 18.7. The first kappa shape index (κ1) is 18.7. The highest BCUT2D eigenvalue weighted by Gasteiger charge is 2.47. The van der Waals surface area contributed by atoms with Gasteiger partial charge in [-0.25, -0.2) is 0 Å². The minimum absolute atomic E-state index is 0.0265. The lowest BCUT2D eigenvalue weighted by Crippen LogP contribution is -2.48. The number of hydrogen-bond acceptors (Lipinski definition) is 5. The van der Waals surface area contributed by atoms with Crippen molar-refractivity contribution in [3.05, 3.63) is 23.3 Å². The Balaban J connectivity index is 1.84. The average molecular weight is 360 g/mol. The molecule has 0 spiro atoms. The lowest BCUT2D eigenvalue weighted by Gasteiger charge is -2.41. The molecular formula is C21H28O5. The number of ether oxygens (including phenoxy) is 2. The number of hydrogen-bond donors (Lipinski definition) is 1. The van der Waals surface area contributed by atoms with Crippen molar-refractivity contribution in [3.8, 4) is 11.5 Å². The van der Waals surface area contributed by atoms with Gasteiger partial charge in [-0.3, -0.25) is 9.59 Å². The number of methoxy groups -OCH3 is 1. The molecule has 26 heavy (non-hydrogen) atoms. The molecule has 1 aromatic carbocycles. The van der Waals surface area contributed by atoms with Gasteiger partial charge >= 0.3 is 5.97 Å². The Morgan fingerprint density at radius 2 is 1.96 bits per heavy atom. The van der Waals surface area contributed by atoms with E-state index in [4.69, 9.17) is 9.47 Å². The summed E-state index contributed by atoms with van der Waals surface area (Å²) in [5, 5.41) is 10.4. The Labute approximate surface area is 154 Å². The van der Waals surface area contributed by atoms with Gasteiger partial charge in [-0.1, -0.05) is 19.8 Å². The first-order valence-electron chi connectivity index (χ1n) is 9.59. The molecule has 0 radical (unpaired) electrons. The third-order valence-electron chi connectivity index (χ3n) is 5.93. The van der Waals surface area contributed by atoms with Crippen molar-refractivity contribution >= 4 is 11.8 Å². The number of ketones is 1. The van der Waals surface area contributed by atoms with E-state index >= 15 is 0 Å². The van der Waals surface area contributed by atoms with Crippen LogP contribution in [0.5, 0.6) is 11.5 Å². The summed E-state index contributed by atoms with van der Waals surface area (Å²) in [7, 11) is 1.59. The predicted molar refractivity (Wildman–Crippen MR) is 97.4 cm³/mol. The predicted octanol–water partition coefficient (Wildman–Crippen LogP) is 3.73. The summed E-state index contributed by atoms with van der Waals surface area (Å²) in [6.07, 6.45) is 6.36. The van der Waals surface area contributed by atoms with Crippen LogP contribution in [0.1, 0.15) is 63.0 Å². The van der Waals surface area contributed by atoms with Crippen LogP contribution in [0.2, 0.25) is 0 Å². The summed E-state index contributed by atoms with van der Waals surface area (Å²) < 4.78 is 11.1. The average Bonchev–Trinajstić information content (AvgIpc) is 3.15. The van der Waals surface area contributed by atoms with Crippen molar-refractivity contribution in [2.75, 3.05) is 7.11 Å². The van der Waals surface area contributed by atoms with E-state index in [9.17, 15) is 14.7 Å². The normalized spacial score (nSPS) is 23.9. The van der Waals surface area contributed by atoms with Gasteiger partial charge in [-0.2, -0.15) is 0 Å². The Hall–Kier alpha value is -2.04. The first-order chi connectivity index (χ1) is 12.5. The van der Waals surface area contributed by atoms with Crippen LogP contribution in [0, 0.1) is 5.92 Å². The fraction of sp³-hybridized carbons (Fsp3) is 0.619. The van der Waals surface area contributed by atoms with Gasteiger partial charge in [0.05, 0.1) is 7.11 Å². The number of benzene rings is 1.